The summed E-state index contributed by atoms with van der Waals surface area (Å²) >= 11 is 0. The van der Waals surface area contributed by atoms with Crippen molar-refractivity contribution in [2.75, 3.05) is 19.8 Å². The van der Waals surface area contributed by atoms with E-state index in [-0.39, 0.29) is 0 Å². The van der Waals surface area contributed by atoms with Crippen LogP contribution in [0.4, 0.5) is 0 Å². The maximum absolute atomic E-state index is 5.59. The highest BCUT2D eigenvalue weighted by molar-refractivity contribution is 6.76. The van der Waals surface area contributed by atoms with Crippen LogP contribution in [0.15, 0.2) is 0 Å². The van der Waals surface area contributed by atoms with Crippen LogP contribution in [0.5, 0.6) is 0 Å². The van der Waals surface area contributed by atoms with Crippen LogP contribution in [-0.2, 0) is 9.47 Å². The molecule has 0 saturated heterocycles. The second-order valence-corrected chi connectivity index (χ2v) is 15.4. The number of hydrogen-bond acceptors (Lipinski definition) is 2. The van der Waals surface area contributed by atoms with Gasteiger partial charge in [-0.05, 0) is 20.3 Å². The zero-order valence-corrected chi connectivity index (χ0v) is 20.6. The minimum atomic E-state index is -0.784. The lowest BCUT2D eigenvalue weighted by molar-refractivity contribution is 0.0186. The SMILES string of the molecule is CC(C)OCCOCCCCCCCCCCCCCCCC[Si](C)(C)C. The Labute approximate surface area is 173 Å². The molecule has 0 radical (unpaired) electrons. The van der Waals surface area contributed by atoms with Crippen molar-refractivity contribution in [1.82, 2.24) is 0 Å². The summed E-state index contributed by atoms with van der Waals surface area (Å²) in [5, 5.41) is 0. The monoisotopic (exact) mass is 400 g/mol. The molecule has 0 aromatic carbocycles. The number of ether oxygens (including phenoxy) is 2. The molecule has 0 aliphatic heterocycles. The number of unbranched alkanes of at least 4 members (excludes halogenated alkanes) is 13. The lowest BCUT2D eigenvalue weighted by Gasteiger charge is -2.14. The Morgan fingerprint density at radius 2 is 0.926 bits per heavy atom. The van der Waals surface area contributed by atoms with Gasteiger partial charge in [0.2, 0.25) is 0 Å². The maximum Gasteiger partial charge on any atom is 0.0703 e. The lowest BCUT2D eigenvalue weighted by Crippen LogP contribution is -2.18. The molecule has 0 N–H and O–H groups in total. The molecular formula is C24H52O2Si. The Hall–Kier alpha value is 0.137. The van der Waals surface area contributed by atoms with E-state index < -0.39 is 8.07 Å². The molecule has 0 aromatic rings. The summed E-state index contributed by atoms with van der Waals surface area (Å²) in [6, 6.07) is 1.52. The first-order valence-corrected chi connectivity index (χ1v) is 15.8. The fourth-order valence-corrected chi connectivity index (χ4v) is 4.74. The average molecular weight is 401 g/mol. The van der Waals surface area contributed by atoms with Gasteiger partial charge in [0.05, 0.1) is 19.3 Å². The number of rotatable bonds is 21. The summed E-state index contributed by atoms with van der Waals surface area (Å²) in [4.78, 5) is 0. The maximum atomic E-state index is 5.59. The van der Waals surface area contributed by atoms with Gasteiger partial charge in [0.15, 0.2) is 0 Å². The van der Waals surface area contributed by atoms with Crippen molar-refractivity contribution in [2.45, 2.75) is 136 Å². The molecule has 0 atom stereocenters. The highest BCUT2D eigenvalue weighted by Crippen LogP contribution is 2.16. The van der Waals surface area contributed by atoms with E-state index in [4.69, 9.17) is 9.47 Å². The van der Waals surface area contributed by atoms with Gasteiger partial charge in [0.25, 0.3) is 0 Å². The topological polar surface area (TPSA) is 18.5 Å². The van der Waals surface area contributed by atoms with E-state index in [2.05, 4.69) is 33.5 Å². The molecule has 0 unspecified atom stereocenters. The zero-order chi connectivity index (χ0) is 20.2. The van der Waals surface area contributed by atoms with Gasteiger partial charge < -0.3 is 9.47 Å². The molecule has 0 spiro atoms. The zero-order valence-electron chi connectivity index (χ0n) is 19.6. The van der Waals surface area contributed by atoms with Crippen LogP contribution in [0.3, 0.4) is 0 Å². The largest absolute Gasteiger partial charge is 0.379 e. The van der Waals surface area contributed by atoms with Crippen molar-refractivity contribution >= 4 is 8.07 Å². The van der Waals surface area contributed by atoms with Gasteiger partial charge >= 0.3 is 0 Å². The summed E-state index contributed by atoms with van der Waals surface area (Å²) < 4.78 is 11.0. The Bertz CT molecular complexity index is 287. The van der Waals surface area contributed by atoms with E-state index in [0.717, 1.165) is 19.8 Å². The Morgan fingerprint density at radius 1 is 0.519 bits per heavy atom. The van der Waals surface area contributed by atoms with Gasteiger partial charge in [-0.3, -0.25) is 0 Å². The van der Waals surface area contributed by atoms with Crippen molar-refractivity contribution in [3.05, 3.63) is 0 Å². The fourth-order valence-electron chi connectivity index (χ4n) is 3.43. The molecule has 0 rings (SSSR count). The number of hydrogen-bond donors (Lipinski definition) is 0. The molecule has 0 amide bonds. The van der Waals surface area contributed by atoms with Gasteiger partial charge in [0, 0.05) is 14.7 Å². The second-order valence-electron chi connectivity index (χ2n) is 9.79. The molecule has 0 bridgehead atoms. The highest BCUT2D eigenvalue weighted by atomic mass is 28.3. The molecule has 0 aromatic heterocycles. The summed E-state index contributed by atoms with van der Waals surface area (Å²) in [5.41, 5.74) is 0. The third-order valence-corrected chi connectivity index (χ3v) is 7.00. The Kier molecular flexibility index (Phi) is 19.6. The third kappa shape index (κ3) is 26.1. The Balaban J connectivity index is 3.03. The first kappa shape index (κ1) is 27.1. The highest BCUT2D eigenvalue weighted by Gasteiger charge is 2.11. The van der Waals surface area contributed by atoms with E-state index in [1.165, 1.54) is 95.9 Å². The van der Waals surface area contributed by atoms with Gasteiger partial charge in [-0.15, -0.1) is 0 Å². The summed E-state index contributed by atoms with van der Waals surface area (Å²) in [5.74, 6) is 0. The van der Waals surface area contributed by atoms with Crippen LogP contribution in [0.2, 0.25) is 25.7 Å². The summed E-state index contributed by atoms with van der Waals surface area (Å²) in [7, 11) is -0.784. The molecule has 0 saturated carbocycles. The van der Waals surface area contributed by atoms with Crippen LogP contribution in [-0.4, -0.2) is 34.0 Å². The van der Waals surface area contributed by atoms with E-state index >= 15 is 0 Å². The quantitative estimate of drug-likeness (QED) is 0.143. The summed E-state index contributed by atoms with van der Waals surface area (Å²) in [6.07, 6.45) is 20.2. The van der Waals surface area contributed by atoms with Crippen LogP contribution in [0, 0.1) is 0 Å². The lowest BCUT2D eigenvalue weighted by atomic mass is 10.0. The first-order chi connectivity index (χ1) is 12.9. The van der Waals surface area contributed by atoms with E-state index in [9.17, 15) is 0 Å². The average Bonchev–Trinajstić information content (AvgIpc) is 2.58. The van der Waals surface area contributed by atoms with Crippen molar-refractivity contribution < 1.29 is 9.47 Å². The van der Waals surface area contributed by atoms with Gasteiger partial charge in [-0.2, -0.15) is 0 Å². The predicted octanol–water partition coefficient (Wildman–Crippen LogP) is 8.23. The van der Waals surface area contributed by atoms with Gasteiger partial charge in [0.1, 0.15) is 0 Å². The molecule has 3 heteroatoms. The molecule has 0 fully saturated rings. The van der Waals surface area contributed by atoms with Crippen LogP contribution < -0.4 is 0 Å². The summed E-state index contributed by atoms with van der Waals surface area (Å²) in [6.45, 7) is 14.0. The fraction of sp³-hybridized carbons (Fsp3) is 1.00. The van der Waals surface area contributed by atoms with Crippen molar-refractivity contribution in [1.29, 1.82) is 0 Å². The van der Waals surface area contributed by atoms with E-state index in [0.29, 0.717) is 6.10 Å². The molecule has 0 aliphatic carbocycles. The second kappa shape index (κ2) is 19.5. The molecule has 0 heterocycles. The van der Waals surface area contributed by atoms with Crippen LogP contribution in [0.1, 0.15) is 104 Å². The molecule has 164 valence electrons. The van der Waals surface area contributed by atoms with E-state index in [1.807, 2.05) is 0 Å². The molecule has 2 nitrogen and oxygen atoms in total. The van der Waals surface area contributed by atoms with Crippen molar-refractivity contribution in [3.63, 3.8) is 0 Å². The smallest absolute Gasteiger partial charge is 0.0703 e. The molecule has 0 aliphatic rings. The third-order valence-electron chi connectivity index (χ3n) is 5.14. The van der Waals surface area contributed by atoms with Crippen molar-refractivity contribution in [2.24, 2.45) is 0 Å². The van der Waals surface area contributed by atoms with Crippen molar-refractivity contribution in [3.8, 4) is 0 Å². The minimum Gasteiger partial charge on any atom is -0.379 e. The van der Waals surface area contributed by atoms with Crippen LogP contribution in [0.25, 0.3) is 0 Å². The predicted molar refractivity (Wildman–Crippen MR) is 125 cm³/mol. The first-order valence-electron chi connectivity index (χ1n) is 12.1. The Morgan fingerprint density at radius 3 is 1.33 bits per heavy atom. The standard InChI is InChI=1S/C24H52O2Si/c1-24(2)26-22-21-25-20-18-16-14-12-10-8-6-7-9-11-13-15-17-19-23-27(3,4)5/h24H,6-23H2,1-5H3. The van der Waals surface area contributed by atoms with Crippen LogP contribution >= 0.6 is 0 Å². The normalized spacial score (nSPS) is 12.2. The van der Waals surface area contributed by atoms with Gasteiger partial charge in [-0.25, -0.2) is 0 Å². The minimum absolute atomic E-state index is 0.318. The van der Waals surface area contributed by atoms with Gasteiger partial charge in [-0.1, -0.05) is 109 Å². The molecule has 27 heavy (non-hydrogen) atoms. The molecular weight excluding hydrogens is 348 g/mol. The van der Waals surface area contributed by atoms with E-state index in [1.54, 1.807) is 0 Å².